The molecule has 1 aromatic carbocycles. The standard InChI is InChI=1S/C16H12BrN5S/c17-13-4-6-14(7-5-13)22-15(12-3-1-9-19-11-12)20-21-16(22)23-10-2-8-18/h1,3-7,9,11H,2,10H2. The van der Waals surface area contributed by atoms with Crippen LogP contribution in [0.25, 0.3) is 17.1 Å². The number of nitriles is 1. The fourth-order valence-corrected chi connectivity index (χ4v) is 3.12. The second kappa shape index (κ2) is 7.40. The predicted octanol–water partition coefficient (Wildman–Crippen LogP) is 4.10. The Morgan fingerprint density at radius 3 is 2.70 bits per heavy atom. The van der Waals surface area contributed by atoms with Gasteiger partial charge in [0.25, 0.3) is 0 Å². The highest BCUT2D eigenvalue weighted by atomic mass is 79.9. The molecule has 0 unspecified atom stereocenters. The summed E-state index contributed by atoms with van der Waals surface area (Å²) in [5.74, 6) is 1.41. The van der Waals surface area contributed by atoms with E-state index in [4.69, 9.17) is 5.26 Å². The lowest BCUT2D eigenvalue weighted by Crippen LogP contribution is -2.00. The first kappa shape index (κ1) is 15.7. The highest BCUT2D eigenvalue weighted by molar-refractivity contribution is 9.10. The van der Waals surface area contributed by atoms with Crippen LogP contribution in [0.4, 0.5) is 0 Å². The monoisotopic (exact) mass is 385 g/mol. The van der Waals surface area contributed by atoms with E-state index in [1.54, 1.807) is 12.4 Å². The second-order valence-electron chi connectivity index (χ2n) is 4.62. The lowest BCUT2D eigenvalue weighted by atomic mass is 10.2. The first-order valence-corrected chi connectivity index (χ1v) is 8.69. The van der Waals surface area contributed by atoms with Gasteiger partial charge in [-0.3, -0.25) is 9.55 Å². The molecule has 0 bridgehead atoms. The number of aromatic nitrogens is 4. The third kappa shape index (κ3) is 3.60. The molecule has 0 saturated heterocycles. The molecule has 0 N–H and O–H groups in total. The molecule has 0 amide bonds. The maximum atomic E-state index is 8.72. The Kier molecular flexibility index (Phi) is 5.05. The lowest BCUT2D eigenvalue weighted by molar-refractivity contribution is 0.885. The van der Waals surface area contributed by atoms with Crippen molar-refractivity contribution < 1.29 is 0 Å². The van der Waals surface area contributed by atoms with E-state index >= 15 is 0 Å². The molecular formula is C16H12BrN5S. The van der Waals surface area contributed by atoms with Gasteiger partial charge in [-0.15, -0.1) is 10.2 Å². The van der Waals surface area contributed by atoms with E-state index < -0.39 is 0 Å². The third-order valence-electron chi connectivity index (χ3n) is 3.08. The molecule has 0 aliphatic heterocycles. The van der Waals surface area contributed by atoms with Crippen molar-refractivity contribution in [3.05, 3.63) is 53.3 Å². The van der Waals surface area contributed by atoms with Gasteiger partial charge in [-0.05, 0) is 36.4 Å². The van der Waals surface area contributed by atoms with Crippen molar-refractivity contribution in [3.63, 3.8) is 0 Å². The Bertz CT molecular complexity index is 824. The molecule has 2 heterocycles. The normalized spacial score (nSPS) is 10.4. The van der Waals surface area contributed by atoms with Crippen molar-refractivity contribution in [1.29, 1.82) is 5.26 Å². The highest BCUT2D eigenvalue weighted by Crippen LogP contribution is 2.28. The minimum Gasteiger partial charge on any atom is -0.270 e. The van der Waals surface area contributed by atoms with Crippen LogP contribution in [0.5, 0.6) is 0 Å². The number of benzene rings is 1. The Balaban J connectivity index is 2.06. The summed E-state index contributed by atoms with van der Waals surface area (Å²) >= 11 is 4.97. The van der Waals surface area contributed by atoms with Crippen molar-refractivity contribution >= 4 is 27.7 Å². The maximum absolute atomic E-state index is 8.72. The van der Waals surface area contributed by atoms with Gasteiger partial charge in [0.1, 0.15) is 0 Å². The van der Waals surface area contributed by atoms with Crippen LogP contribution in [0.1, 0.15) is 6.42 Å². The minimum absolute atomic E-state index is 0.472. The Hall–Kier alpha value is -2.17. The molecule has 0 aliphatic rings. The van der Waals surface area contributed by atoms with E-state index in [-0.39, 0.29) is 0 Å². The van der Waals surface area contributed by atoms with Crippen LogP contribution in [0, 0.1) is 11.3 Å². The topological polar surface area (TPSA) is 67.4 Å². The van der Waals surface area contributed by atoms with E-state index in [9.17, 15) is 0 Å². The van der Waals surface area contributed by atoms with Gasteiger partial charge >= 0.3 is 0 Å². The van der Waals surface area contributed by atoms with E-state index in [0.717, 1.165) is 26.7 Å². The molecule has 3 aromatic rings. The van der Waals surface area contributed by atoms with Crippen LogP contribution >= 0.6 is 27.7 Å². The number of pyridine rings is 1. The first-order valence-electron chi connectivity index (χ1n) is 6.91. The summed E-state index contributed by atoms with van der Waals surface area (Å²) in [6, 6.07) is 13.9. The molecule has 3 rings (SSSR count). The number of halogens is 1. The smallest absolute Gasteiger partial charge is 0.196 e. The number of nitrogens with zero attached hydrogens (tertiary/aromatic N) is 5. The van der Waals surface area contributed by atoms with E-state index in [0.29, 0.717) is 12.2 Å². The molecule has 0 aliphatic carbocycles. The Morgan fingerprint density at radius 1 is 1.17 bits per heavy atom. The summed E-state index contributed by atoms with van der Waals surface area (Å²) < 4.78 is 3.00. The third-order valence-corrected chi connectivity index (χ3v) is 4.54. The zero-order valence-corrected chi connectivity index (χ0v) is 14.5. The first-order chi connectivity index (χ1) is 11.3. The zero-order chi connectivity index (χ0) is 16.1. The second-order valence-corrected chi connectivity index (χ2v) is 6.59. The molecule has 23 heavy (non-hydrogen) atoms. The molecule has 0 fully saturated rings. The molecular weight excluding hydrogens is 374 g/mol. The van der Waals surface area contributed by atoms with E-state index in [2.05, 4.69) is 37.2 Å². The van der Waals surface area contributed by atoms with Gasteiger partial charge in [-0.25, -0.2) is 0 Å². The highest BCUT2D eigenvalue weighted by Gasteiger charge is 2.16. The van der Waals surface area contributed by atoms with Crippen molar-refractivity contribution in [2.24, 2.45) is 0 Å². The van der Waals surface area contributed by atoms with Gasteiger partial charge in [0.05, 0.1) is 6.07 Å². The fourth-order valence-electron chi connectivity index (χ4n) is 2.06. The molecule has 2 aromatic heterocycles. The van der Waals surface area contributed by atoms with Gasteiger partial charge in [-0.1, -0.05) is 27.7 Å². The van der Waals surface area contributed by atoms with Crippen LogP contribution in [-0.2, 0) is 0 Å². The summed E-state index contributed by atoms with van der Waals surface area (Å²) in [4.78, 5) is 4.16. The molecule has 7 heteroatoms. The molecule has 114 valence electrons. The van der Waals surface area contributed by atoms with Crippen LogP contribution in [0.15, 0.2) is 58.4 Å². The van der Waals surface area contributed by atoms with Gasteiger partial charge < -0.3 is 0 Å². The van der Waals surface area contributed by atoms with Crippen LogP contribution in [-0.4, -0.2) is 25.5 Å². The van der Waals surface area contributed by atoms with Crippen molar-refractivity contribution in [2.45, 2.75) is 11.6 Å². The Labute approximate surface area is 146 Å². The van der Waals surface area contributed by atoms with Crippen molar-refractivity contribution in [1.82, 2.24) is 19.7 Å². The molecule has 5 nitrogen and oxygen atoms in total. The summed E-state index contributed by atoms with van der Waals surface area (Å²) in [5, 5.41) is 18.1. The quantitative estimate of drug-likeness (QED) is 0.488. The Morgan fingerprint density at radius 2 is 2.00 bits per heavy atom. The zero-order valence-electron chi connectivity index (χ0n) is 12.1. The van der Waals surface area contributed by atoms with Gasteiger partial charge in [0.2, 0.25) is 0 Å². The van der Waals surface area contributed by atoms with Gasteiger partial charge in [0, 0.05) is 40.3 Å². The summed E-state index contributed by atoms with van der Waals surface area (Å²) in [6.45, 7) is 0. The largest absolute Gasteiger partial charge is 0.270 e. The summed E-state index contributed by atoms with van der Waals surface area (Å²) in [7, 11) is 0. The van der Waals surface area contributed by atoms with Crippen LogP contribution in [0.3, 0.4) is 0 Å². The summed E-state index contributed by atoms with van der Waals surface area (Å²) in [5.41, 5.74) is 1.87. The van der Waals surface area contributed by atoms with Crippen molar-refractivity contribution in [2.75, 3.05) is 5.75 Å². The SMILES string of the molecule is N#CCCSc1nnc(-c2cccnc2)n1-c1ccc(Br)cc1. The van der Waals surface area contributed by atoms with Gasteiger partial charge in [0.15, 0.2) is 11.0 Å². The maximum Gasteiger partial charge on any atom is 0.196 e. The number of hydrogen-bond donors (Lipinski definition) is 0. The van der Waals surface area contributed by atoms with Crippen molar-refractivity contribution in [3.8, 4) is 23.1 Å². The number of thioether (sulfide) groups is 1. The van der Waals surface area contributed by atoms with Gasteiger partial charge in [-0.2, -0.15) is 5.26 Å². The number of hydrogen-bond acceptors (Lipinski definition) is 5. The van der Waals surface area contributed by atoms with E-state index in [1.165, 1.54) is 11.8 Å². The lowest BCUT2D eigenvalue weighted by Gasteiger charge is -2.10. The molecule has 0 atom stereocenters. The molecule has 0 spiro atoms. The minimum atomic E-state index is 0.472. The van der Waals surface area contributed by atoms with Crippen LogP contribution in [0.2, 0.25) is 0 Å². The fraction of sp³-hybridized carbons (Fsp3) is 0.125. The average molecular weight is 386 g/mol. The molecule has 0 saturated carbocycles. The van der Waals surface area contributed by atoms with E-state index in [1.807, 2.05) is 41.0 Å². The number of rotatable bonds is 5. The average Bonchev–Trinajstić information content (AvgIpc) is 3.00. The van der Waals surface area contributed by atoms with Crippen LogP contribution < -0.4 is 0 Å². The predicted molar refractivity (Wildman–Crippen MR) is 93.2 cm³/mol. The summed E-state index contributed by atoms with van der Waals surface area (Å²) in [6.07, 6.45) is 3.97. The molecule has 0 radical (unpaired) electrons.